The zero-order valence-corrected chi connectivity index (χ0v) is 21.1. The Bertz CT molecular complexity index is 1000. The number of nitrogens with two attached hydrogens (primary N) is 1. The number of esters is 3. The zero-order valence-electron chi connectivity index (χ0n) is 21.1. The highest BCUT2D eigenvalue weighted by Crippen LogP contribution is 2.39. The van der Waals surface area contributed by atoms with Gasteiger partial charge in [-0.25, -0.2) is 0 Å². The number of nitrogens with one attached hydrogen (secondary N) is 2. The fourth-order valence-corrected chi connectivity index (χ4v) is 3.03. The molecule has 1 rings (SSSR count). The first-order valence-electron chi connectivity index (χ1n) is 11.6. The Morgan fingerprint density at radius 2 is 1.43 bits per heavy atom. The lowest BCUT2D eigenvalue weighted by Gasteiger charge is -2.15. The van der Waals surface area contributed by atoms with Crippen LogP contribution in [0.4, 0.5) is 0 Å². The molecule has 1 aromatic carbocycles. The van der Waals surface area contributed by atoms with Gasteiger partial charge in [0.05, 0.1) is 6.04 Å². The van der Waals surface area contributed by atoms with Crippen LogP contribution in [0, 0.1) is 0 Å². The molecule has 1 aromatic rings. The Balaban J connectivity index is 2.63. The minimum Gasteiger partial charge on any atom is -0.423 e. The summed E-state index contributed by atoms with van der Waals surface area (Å²) in [6, 6.07) is 1.73. The van der Waals surface area contributed by atoms with E-state index in [2.05, 4.69) is 20.7 Å². The first kappa shape index (κ1) is 30.9. The van der Waals surface area contributed by atoms with Crippen molar-refractivity contribution in [2.75, 3.05) is 19.6 Å². The highest BCUT2D eigenvalue weighted by atomic mass is 16.6. The number of nitrogens with zero attached hydrogens (tertiary/aromatic N) is 3. The fourth-order valence-electron chi connectivity index (χ4n) is 3.03. The highest BCUT2D eigenvalue weighted by Gasteiger charge is 2.22. The summed E-state index contributed by atoms with van der Waals surface area (Å²) in [5.41, 5.74) is 14.1. The Morgan fingerprint density at radius 1 is 0.892 bits per heavy atom. The van der Waals surface area contributed by atoms with Crippen LogP contribution in [-0.2, 0) is 19.2 Å². The van der Waals surface area contributed by atoms with Crippen molar-refractivity contribution in [3.63, 3.8) is 0 Å². The van der Waals surface area contributed by atoms with Crippen molar-refractivity contribution in [1.29, 1.82) is 0 Å². The van der Waals surface area contributed by atoms with Crippen molar-refractivity contribution < 1.29 is 38.2 Å². The molecule has 14 nitrogen and oxygen atoms in total. The topological polar surface area (TPSA) is 212 Å². The standard InChI is InChI=1S/C23H32N6O8/c1-14(30)35-19-12-17(13-20(36-15(2)31)21(19)37-16(3)32)22(33)26-9-6-7-10-27-23(34)18(24)8-4-5-11-28-29-25/h12-13,18H,4-11,24H2,1-3H3,(H,26,33)(H,27,34)/t18-/m1/s1. The van der Waals surface area contributed by atoms with Gasteiger partial charge < -0.3 is 30.6 Å². The summed E-state index contributed by atoms with van der Waals surface area (Å²) in [5, 5.41) is 8.83. The second-order valence-corrected chi connectivity index (χ2v) is 7.89. The quantitative estimate of drug-likeness (QED) is 0.0768. The number of ether oxygens (including phenoxy) is 3. The third-order valence-electron chi connectivity index (χ3n) is 4.65. The molecule has 0 radical (unpaired) electrons. The van der Waals surface area contributed by atoms with E-state index in [9.17, 15) is 24.0 Å². The molecule has 0 aliphatic heterocycles. The van der Waals surface area contributed by atoms with E-state index in [4.69, 9.17) is 25.5 Å². The maximum absolute atomic E-state index is 12.6. The molecule has 0 bridgehead atoms. The summed E-state index contributed by atoms with van der Waals surface area (Å²) < 4.78 is 15.1. The molecule has 0 fully saturated rings. The molecule has 37 heavy (non-hydrogen) atoms. The number of hydrogen-bond donors (Lipinski definition) is 3. The largest absolute Gasteiger partial charge is 0.423 e. The van der Waals surface area contributed by atoms with Gasteiger partial charge in [-0.1, -0.05) is 11.5 Å². The molecule has 0 heterocycles. The van der Waals surface area contributed by atoms with Crippen LogP contribution in [-0.4, -0.2) is 55.4 Å². The molecule has 0 aliphatic carbocycles. The van der Waals surface area contributed by atoms with Gasteiger partial charge in [-0.05, 0) is 43.3 Å². The number of unbranched alkanes of at least 4 members (excludes halogenated alkanes) is 2. The van der Waals surface area contributed by atoms with E-state index in [1.807, 2.05) is 0 Å². The van der Waals surface area contributed by atoms with Gasteiger partial charge >= 0.3 is 17.9 Å². The Kier molecular flexibility index (Phi) is 13.8. The predicted octanol–water partition coefficient (Wildman–Crippen LogP) is 1.90. The molecule has 14 heteroatoms. The third-order valence-corrected chi connectivity index (χ3v) is 4.65. The lowest BCUT2D eigenvalue weighted by molar-refractivity contribution is -0.135. The van der Waals surface area contributed by atoms with Crippen LogP contribution in [0.1, 0.15) is 63.2 Å². The van der Waals surface area contributed by atoms with Gasteiger partial charge in [-0.15, -0.1) is 0 Å². The van der Waals surface area contributed by atoms with Crippen LogP contribution in [0.2, 0.25) is 0 Å². The summed E-state index contributed by atoms with van der Waals surface area (Å²) in [5.74, 6) is -3.90. The number of carbonyl (C=O) groups is 5. The van der Waals surface area contributed by atoms with E-state index in [0.717, 1.165) is 20.8 Å². The maximum Gasteiger partial charge on any atom is 0.308 e. The van der Waals surface area contributed by atoms with Gasteiger partial charge in [0.2, 0.25) is 11.7 Å². The second kappa shape index (κ2) is 16.5. The summed E-state index contributed by atoms with van der Waals surface area (Å²) in [7, 11) is 0. The summed E-state index contributed by atoms with van der Waals surface area (Å²) >= 11 is 0. The zero-order chi connectivity index (χ0) is 27.8. The molecule has 0 aromatic heterocycles. The summed E-state index contributed by atoms with van der Waals surface area (Å²) in [6.07, 6.45) is 2.90. The van der Waals surface area contributed by atoms with E-state index in [0.29, 0.717) is 45.2 Å². The molecule has 4 N–H and O–H groups in total. The summed E-state index contributed by atoms with van der Waals surface area (Å²) in [6.45, 7) is 4.34. The van der Waals surface area contributed by atoms with E-state index in [-0.39, 0.29) is 35.3 Å². The average molecular weight is 521 g/mol. The molecular weight excluding hydrogens is 488 g/mol. The van der Waals surface area contributed by atoms with Crippen LogP contribution in [0.25, 0.3) is 10.4 Å². The SMILES string of the molecule is CC(=O)Oc1cc(C(=O)NCCCCNC(=O)[C@H](N)CCCCN=[N+]=[N-])cc(OC(C)=O)c1OC(C)=O. The van der Waals surface area contributed by atoms with Crippen LogP contribution in [0.5, 0.6) is 17.2 Å². The number of azide groups is 1. The van der Waals surface area contributed by atoms with Gasteiger partial charge in [-0.3, -0.25) is 24.0 Å². The van der Waals surface area contributed by atoms with E-state index in [1.165, 1.54) is 12.1 Å². The van der Waals surface area contributed by atoms with Crippen molar-refractivity contribution in [2.24, 2.45) is 10.8 Å². The molecule has 2 amide bonds. The molecule has 0 saturated heterocycles. The highest BCUT2D eigenvalue weighted by molar-refractivity contribution is 5.96. The monoisotopic (exact) mass is 520 g/mol. The Morgan fingerprint density at radius 3 is 1.95 bits per heavy atom. The number of rotatable bonds is 15. The maximum atomic E-state index is 12.6. The van der Waals surface area contributed by atoms with Crippen LogP contribution in [0.3, 0.4) is 0 Å². The number of benzene rings is 1. The van der Waals surface area contributed by atoms with Gasteiger partial charge in [0, 0.05) is 50.9 Å². The molecule has 202 valence electrons. The average Bonchev–Trinajstić information content (AvgIpc) is 2.81. The van der Waals surface area contributed by atoms with Crippen molar-refractivity contribution in [2.45, 2.75) is 58.9 Å². The van der Waals surface area contributed by atoms with Crippen LogP contribution in [0.15, 0.2) is 17.2 Å². The minimum absolute atomic E-state index is 0.00291. The van der Waals surface area contributed by atoms with Crippen molar-refractivity contribution >= 4 is 29.7 Å². The number of hydrogen-bond acceptors (Lipinski definition) is 10. The van der Waals surface area contributed by atoms with E-state index < -0.39 is 29.9 Å². The lowest BCUT2D eigenvalue weighted by atomic mass is 10.1. The molecule has 0 saturated carbocycles. The molecule has 0 spiro atoms. The van der Waals surface area contributed by atoms with E-state index >= 15 is 0 Å². The fraction of sp³-hybridized carbons (Fsp3) is 0.522. The molecular formula is C23H32N6O8. The smallest absolute Gasteiger partial charge is 0.308 e. The second-order valence-electron chi connectivity index (χ2n) is 7.89. The Hall–Kier alpha value is -4.16. The van der Waals surface area contributed by atoms with Gasteiger partial charge in [0.15, 0.2) is 11.5 Å². The van der Waals surface area contributed by atoms with Gasteiger partial charge in [0.1, 0.15) is 0 Å². The predicted molar refractivity (Wildman–Crippen MR) is 131 cm³/mol. The van der Waals surface area contributed by atoms with Crippen LogP contribution < -0.4 is 30.6 Å². The van der Waals surface area contributed by atoms with Crippen molar-refractivity contribution in [1.82, 2.24) is 10.6 Å². The summed E-state index contributed by atoms with van der Waals surface area (Å²) in [4.78, 5) is 61.8. The molecule has 0 aliphatic rings. The first-order chi connectivity index (χ1) is 17.5. The van der Waals surface area contributed by atoms with Crippen molar-refractivity contribution in [3.05, 3.63) is 28.1 Å². The van der Waals surface area contributed by atoms with Gasteiger partial charge in [-0.2, -0.15) is 0 Å². The van der Waals surface area contributed by atoms with Crippen molar-refractivity contribution in [3.8, 4) is 17.2 Å². The number of carbonyl (C=O) groups excluding carboxylic acids is 5. The first-order valence-corrected chi connectivity index (χ1v) is 11.6. The lowest BCUT2D eigenvalue weighted by Crippen LogP contribution is -2.41. The van der Waals surface area contributed by atoms with Crippen LogP contribution >= 0.6 is 0 Å². The molecule has 1 atom stereocenters. The Labute approximate surface area is 213 Å². The van der Waals surface area contributed by atoms with E-state index in [1.54, 1.807) is 0 Å². The third kappa shape index (κ3) is 12.4. The molecule has 0 unspecified atom stereocenters. The normalized spacial score (nSPS) is 10.9. The number of amides is 2. The van der Waals surface area contributed by atoms with Gasteiger partial charge in [0.25, 0.3) is 5.91 Å². The minimum atomic E-state index is -0.752.